The number of rotatable bonds is 6. The molecule has 2 N–H and O–H groups in total. The molecule has 1 saturated heterocycles. The fourth-order valence-corrected chi connectivity index (χ4v) is 2.68. The van der Waals surface area contributed by atoms with Gasteiger partial charge in [-0.15, -0.1) is 0 Å². The molecule has 108 valence electrons. The van der Waals surface area contributed by atoms with E-state index in [0.717, 1.165) is 38.5 Å². The lowest BCUT2D eigenvalue weighted by Crippen LogP contribution is -2.25. The molecule has 1 aliphatic rings. The number of ether oxygens (including phenoxy) is 1. The van der Waals surface area contributed by atoms with Crippen molar-refractivity contribution in [3.8, 4) is 0 Å². The van der Waals surface area contributed by atoms with E-state index >= 15 is 0 Å². The summed E-state index contributed by atoms with van der Waals surface area (Å²) in [5.74, 6) is 1.47. The van der Waals surface area contributed by atoms with Crippen molar-refractivity contribution in [1.29, 1.82) is 0 Å². The minimum Gasteiger partial charge on any atom is -0.373 e. The van der Waals surface area contributed by atoms with Crippen molar-refractivity contribution in [3.63, 3.8) is 0 Å². The van der Waals surface area contributed by atoms with Crippen molar-refractivity contribution in [2.75, 3.05) is 13.2 Å². The molecule has 1 fully saturated rings. The number of hydrogen-bond donors (Lipinski definition) is 2. The molecule has 2 aromatic heterocycles. The number of aromatic nitrogens is 4. The quantitative estimate of drug-likeness (QED) is 0.838. The van der Waals surface area contributed by atoms with Crippen LogP contribution in [0.25, 0.3) is 0 Å². The molecule has 2 aromatic rings. The lowest BCUT2D eigenvalue weighted by Gasteiger charge is -2.17. The van der Waals surface area contributed by atoms with Crippen molar-refractivity contribution in [2.45, 2.75) is 32.5 Å². The van der Waals surface area contributed by atoms with Crippen molar-refractivity contribution in [2.24, 2.45) is 5.92 Å². The second kappa shape index (κ2) is 6.19. The van der Waals surface area contributed by atoms with E-state index in [1.807, 2.05) is 17.1 Å². The van der Waals surface area contributed by atoms with Crippen LogP contribution in [0.1, 0.15) is 30.8 Å². The van der Waals surface area contributed by atoms with Crippen molar-refractivity contribution >= 4 is 0 Å². The van der Waals surface area contributed by atoms with Crippen LogP contribution in [0.15, 0.2) is 24.8 Å². The molecular weight excluding hydrogens is 254 g/mol. The summed E-state index contributed by atoms with van der Waals surface area (Å²) in [7, 11) is 0. The van der Waals surface area contributed by atoms with Crippen LogP contribution in [-0.4, -0.2) is 32.9 Å². The number of H-pyrrole nitrogens is 1. The van der Waals surface area contributed by atoms with Gasteiger partial charge in [-0.3, -0.25) is 4.68 Å². The third-order valence-corrected chi connectivity index (χ3v) is 3.77. The van der Waals surface area contributed by atoms with Crippen LogP contribution in [0.3, 0.4) is 0 Å². The van der Waals surface area contributed by atoms with Crippen LogP contribution in [0.5, 0.6) is 0 Å². The lowest BCUT2D eigenvalue weighted by atomic mass is 9.97. The van der Waals surface area contributed by atoms with Crippen molar-refractivity contribution in [1.82, 2.24) is 25.1 Å². The maximum atomic E-state index is 5.88. The Balaban J connectivity index is 1.55. The highest BCUT2D eigenvalue weighted by atomic mass is 16.5. The molecular formula is C14H21N5O. The molecule has 1 aliphatic heterocycles. The highest BCUT2D eigenvalue weighted by Gasteiger charge is 2.30. The number of nitrogens with one attached hydrogen (secondary N) is 2. The molecule has 0 radical (unpaired) electrons. The molecule has 0 spiro atoms. The first kappa shape index (κ1) is 13.3. The average molecular weight is 275 g/mol. The van der Waals surface area contributed by atoms with Gasteiger partial charge in [0, 0.05) is 49.8 Å². The molecule has 2 atom stereocenters. The highest BCUT2D eigenvalue weighted by Crippen LogP contribution is 2.33. The Bertz CT molecular complexity index is 521. The van der Waals surface area contributed by atoms with E-state index in [4.69, 9.17) is 4.74 Å². The maximum absolute atomic E-state index is 5.88. The second-order valence-corrected chi connectivity index (χ2v) is 5.14. The van der Waals surface area contributed by atoms with Gasteiger partial charge >= 0.3 is 0 Å². The lowest BCUT2D eigenvalue weighted by molar-refractivity contribution is 0.0903. The summed E-state index contributed by atoms with van der Waals surface area (Å²) in [5.41, 5.74) is 1.19. The van der Waals surface area contributed by atoms with E-state index in [-0.39, 0.29) is 6.10 Å². The topological polar surface area (TPSA) is 67.8 Å². The maximum Gasteiger partial charge on any atom is 0.120 e. The van der Waals surface area contributed by atoms with Gasteiger partial charge in [0.1, 0.15) is 5.82 Å². The first-order valence-electron chi connectivity index (χ1n) is 7.19. The van der Waals surface area contributed by atoms with E-state index in [1.165, 1.54) is 5.56 Å². The molecule has 20 heavy (non-hydrogen) atoms. The molecule has 6 nitrogen and oxygen atoms in total. The number of hydrogen-bond acceptors (Lipinski definition) is 4. The number of aryl methyl sites for hydroxylation is 1. The summed E-state index contributed by atoms with van der Waals surface area (Å²) in [6.07, 6.45) is 8.90. The largest absolute Gasteiger partial charge is 0.373 e. The molecule has 0 saturated carbocycles. The molecule has 0 bridgehead atoms. The van der Waals surface area contributed by atoms with Gasteiger partial charge in [0.25, 0.3) is 0 Å². The van der Waals surface area contributed by atoms with Crippen molar-refractivity contribution < 1.29 is 4.74 Å². The standard InChI is InChI=1S/C14H21N5O/c1-2-19-10-12(8-18-19)14-11(3-6-20-14)7-15-9-13-16-4-5-17-13/h4-5,8,10-11,14-15H,2-3,6-7,9H2,1H3,(H,16,17)/t11-,14-/m0/s1. The van der Waals surface area contributed by atoms with Crippen LogP contribution in [0, 0.1) is 5.92 Å². The minimum absolute atomic E-state index is 0.166. The Morgan fingerprint density at radius 1 is 1.55 bits per heavy atom. The van der Waals surface area contributed by atoms with Gasteiger partial charge in [-0.1, -0.05) is 0 Å². The molecule has 3 heterocycles. The predicted molar refractivity (Wildman–Crippen MR) is 75.0 cm³/mol. The van der Waals surface area contributed by atoms with E-state index in [0.29, 0.717) is 5.92 Å². The Morgan fingerprint density at radius 3 is 3.25 bits per heavy atom. The van der Waals surface area contributed by atoms with Crippen LogP contribution in [-0.2, 0) is 17.8 Å². The molecule has 0 amide bonds. The van der Waals surface area contributed by atoms with E-state index < -0.39 is 0 Å². The zero-order valence-corrected chi connectivity index (χ0v) is 11.7. The fourth-order valence-electron chi connectivity index (χ4n) is 2.68. The summed E-state index contributed by atoms with van der Waals surface area (Å²) in [5, 5.41) is 7.79. The minimum atomic E-state index is 0.166. The third kappa shape index (κ3) is 2.91. The summed E-state index contributed by atoms with van der Waals surface area (Å²) >= 11 is 0. The van der Waals surface area contributed by atoms with Crippen LogP contribution < -0.4 is 5.32 Å². The van der Waals surface area contributed by atoms with E-state index in [2.05, 4.69) is 33.5 Å². The Hall–Kier alpha value is -1.66. The Morgan fingerprint density at radius 2 is 2.50 bits per heavy atom. The smallest absolute Gasteiger partial charge is 0.120 e. The van der Waals surface area contributed by atoms with Crippen LogP contribution >= 0.6 is 0 Å². The van der Waals surface area contributed by atoms with Gasteiger partial charge < -0.3 is 15.0 Å². The van der Waals surface area contributed by atoms with Crippen LogP contribution in [0.4, 0.5) is 0 Å². The van der Waals surface area contributed by atoms with Crippen LogP contribution in [0.2, 0.25) is 0 Å². The first-order chi connectivity index (χ1) is 9.86. The van der Waals surface area contributed by atoms with Gasteiger partial charge in [0.05, 0.1) is 18.8 Å². The summed E-state index contributed by atoms with van der Waals surface area (Å²) in [6.45, 7) is 5.52. The van der Waals surface area contributed by atoms with Gasteiger partial charge in [0.15, 0.2) is 0 Å². The second-order valence-electron chi connectivity index (χ2n) is 5.14. The summed E-state index contributed by atoms with van der Waals surface area (Å²) in [6, 6.07) is 0. The van der Waals surface area contributed by atoms with Gasteiger partial charge in [-0.2, -0.15) is 5.10 Å². The number of nitrogens with zero attached hydrogens (tertiary/aromatic N) is 3. The highest BCUT2D eigenvalue weighted by molar-refractivity contribution is 5.11. The Kier molecular flexibility index (Phi) is 4.13. The zero-order chi connectivity index (χ0) is 13.8. The fraction of sp³-hybridized carbons (Fsp3) is 0.571. The van der Waals surface area contributed by atoms with Gasteiger partial charge in [-0.25, -0.2) is 4.98 Å². The summed E-state index contributed by atoms with van der Waals surface area (Å²) < 4.78 is 7.83. The zero-order valence-electron chi connectivity index (χ0n) is 11.7. The number of imidazole rings is 1. The predicted octanol–water partition coefficient (Wildman–Crippen LogP) is 1.49. The molecule has 0 unspecified atom stereocenters. The molecule has 0 aliphatic carbocycles. The SMILES string of the molecule is CCn1cc([C@H]2OCC[C@H]2CNCc2ncc[nH]2)cn1. The summed E-state index contributed by atoms with van der Waals surface area (Å²) in [4.78, 5) is 7.31. The normalized spacial score (nSPS) is 22.4. The average Bonchev–Trinajstić information content (AvgIpc) is 3.20. The monoisotopic (exact) mass is 275 g/mol. The molecule has 3 rings (SSSR count). The molecule has 6 heteroatoms. The van der Waals surface area contributed by atoms with Gasteiger partial charge in [0.2, 0.25) is 0 Å². The Labute approximate surface area is 118 Å². The number of aromatic amines is 1. The van der Waals surface area contributed by atoms with Crippen molar-refractivity contribution in [3.05, 3.63) is 36.2 Å². The van der Waals surface area contributed by atoms with E-state index in [1.54, 1.807) is 6.20 Å². The first-order valence-corrected chi connectivity index (χ1v) is 7.19. The molecule has 0 aromatic carbocycles. The van der Waals surface area contributed by atoms with Gasteiger partial charge in [-0.05, 0) is 13.3 Å². The van der Waals surface area contributed by atoms with E-state index in [9.17, 15) is 0 Å². The third-order valence-electron chi connectivity index (χ3n) is 3.77.